The van der Waals surface area contributed by atoms with E-state index in [0.29, 0.717) is 116 Å². The largest absolute Gasteiger partial charge is 2.00 e. The van der Waals surface area contributed by atoms with Crippen LogP contribution in [0.4, 0.5) is 0 Å². The molecule has 5 aromatic heterocycles. The summed E-state index contributed by atoms with van der Waals surface area (Å²) in [6.07, 6.45) is 8.98. The zero-order valence-corrected chi connectivity index (χ0v) is 54.4. The molecular weight excluding hydrogens is 1230 g/mol. The molecule has 2 fully saturated rings. The maximum Gasteiger partial charge on any atom is 2.00 e. The summed E-state index contributed by atoms with van der Waals surface area (Å²) in [5, 5.41) is 2.52. The van der Waals surface area contributed by atoms with Crippen LogP contribution in [0.2, 0.25) is 0 Å². The monoisotopic (exact) mass is 1300 g/mol. The van der Waals surface area contributed by atoms with Gasteiger partial charge in [-0.1, -0.05) is 199 Å². The number of aromatic nitrogens is 8. The Balaban J connectivity index is 0.00000712. The minimum absolute atomic E-state index is 0. The molecule has 6 aliphatic rings. The molecule has 15 nitrogen and oxygen atoms in total. The summed E-state index contributed by atoms with van der Waals surface area (Å²) in [7, 11) is 0. The molecule has 11 aromatic rings. The van der Waals surface area contributed by atoms with Crippen molar-refractivity contribution in [2.75, 3.05) is 26.4 Å². The third-order valence-corrected chi connectivity index (χ3v) is 20.1. The summed E-state index contributed by atoms with van der Waals surface area (Å²) in [6.45, 7) is 10.3. The molecule has 95 heavy (non-hydrogen) atoms. The van der Waals surface area contributed by atoms with E-state index >= 15 is 4.79 Å². The summed E-state index contributed by atoms with van der Waals surface area (Å²) in [4.78, 5) is 60.2. The Kier molecular flexibility index (Phi) is 15.6. The zero-order valence-electron chi connectivity index (χ0n) is 53.4. The van der Waals surface area contributed by atoms with Crippen LogP contribution in [0.1, 0.15) is 148 Å². The molecule has 0 spiro atoms. The number of hydrogen-bond donors (Lipinski definition) is 0. The number of ether oxygens (including phenoxy) is 6. The fourth-order valence-corrected chi connectivity index (χ4v) is 16.4. The standard InChI is InChI=1S/C79H70N8O7.Ni/c1-5-9-41-89-67-55-49-39-40-50(93-49)56(55)68(90-42-10-6-2)60-59(67)73-82-51-35-25-37-53(80-51)84-75-61-62(76(87-75)85-54-38-26-36-52(81-54)83-74(60)86-73)70(92-44-12-8-4)58-57(69(61)91-43-11-7-3)71-65-66(72(58)94-71)79(48-33-23-16-24-34-48)64(46-29-19-14-20-30-46)63(45-27-17-13-18-28-45)78(65,77(79)88)47-31-21-15-22-32-47;/h13-40,49-50,65-66,71-72H,5-12,41-44H2,1-4H3;/q-2;+2/t49-,50+,65?,66?,71-,72+,78+,79-;. The first-order chi connectivity index (χ1) is 46.4. The molecule has 2 aliphatic carbocycles. The number of ketones is 1. The summed E-state index contributed by atoms with van der Waals surface area (Å²) in [5.41, 5.74) is 9.59. The fraction of sp³-hybridized carbons (Fsp3) is 0.304. The molecule has 1 saturated carbocycles. The molecular formula is C79H70N8NiO7. The second-order valence-corrected chi connectivity index (χ2v) is 25.5. The average molecular weight is 1300 g/mol. The quantitative estimate of drug-likeness (QED) is 0.0399. The summed E-state index contributed by atoms with van der Waals surface area (Å²) >= 11 is 0. The van der Waals surface area contributed by atoms with Crippen LogP contribution in [0.5, 0.6) is 23.0 Å². The third-order valence-electron chi connectivity index (χ3n) is 20.1. The van der Waals surface area contributed by atoms with Gasteiger partial charge in [-0.15, -0.1) is 0 Å². The van der Waals surface area contributed by atoms with E-state index in [1.807, 2.05) is 60.7 Å². The molecule has 0 radical (unpaired) electrons. The number of carbonyl (C=O) groups excluding carboxylic acids is 1. The van der Waals surface area contributed by atoms with Gasteiger partial charge >= 0.3 is 16.5 Å². The van der Waals surface area contributed by atoms with E-state index in [4.69, 9.17) is 68.3 Å². The molecule has 478 valence electrons. The number of benzene rings is 6. The number of pyridine rings is 2. The van der Waals surface area contributed by atoms with Gasteiger partial charge in [0.2, 0.25) is 0 Å². The van der Waals surface area contributed by atoms with E-state index in [-0.39, 0.29) is 34.5 Å². The first kappa shape index (κ1) is 60.6. The zero-order chi connectivity index (χ0) is 63.2. The SMILES string of the molecule is CCCCOc1c2c(c(OCCCC)c3c4nc5cccc(n5)nc5[n-]c(nc6cccc(n6)nc([n-]4)c13)c1c(OCCCC)c3c(c(OCCCC)c51)[C@H]1O[C@@H]3C3C1[C@@]1(c4ccccc4)C(=O)[C@]3(c3ccccc3)C(c3ccccc3)=C1c1ccccc1)[C@H]1C=C[C@@H]2O1.[Ni+2]. The molecule has 9 heterocycles. The number of fused-ring (bicyclic) bond motifs is 31. The number of hydrogen-bond acceptors (Lipinski definition) is 13. The van der Waals surface area contributed by atoms with Crippen molar-refractivity contribution < 1.29 is 49.7 Å². The first-order valence-corrected chi connectivity index (χ1v) is 33.6. The molecule has 17 rings (SSSR count). The Morgan fingerprint density at radius 3 is 1.03 bits per heavy atom. The van der Waals surface area contributed by atoms with E-state index in [1.165, 1.54) is 0 Å². The van der Waals surface area contributed by atoms with Crippen molar-refractivity contribution in [3.63, 3.8) is 0 Å². The number of carbonyl (C=O) groups is 1. The number of rotatable bonds is 20. The van der Waals surface area contributed by atoms with Crippen LogP contribution in [0, 0.1) is 11.8 Å². The van der Waals surface area contributed by atoms with Gasteiger partial charge in [-0.05, 0) is 83.3 Å². The predicted octanol–water partition coefficient (Wildman–Crippen LogP) is 16.4. The molecule has 16 heteroatoms. The minimum atomic E-state index is -1.22. The third kappa shape index (κ3) is 9.13. The summed E-state index contributed by atoms with van der Waals surface area (Å²) in [5.74, 6) is 1.70. The number of unbranched alkanes of at least 4 members (excludes halogenated alkanes) is 4. The van der Waals surface area contributed by atoms with Crippen LogP contribution in [0.15, 0.2) is 170 Å². The van der Waals surface area contributed by atoms with E-state index in [0.717, 1.165) is 107 Å². The Hall–Kier alpha value is -9.34. The molecule has 1 saturated heterocycles. The van der Waals surface area contributed by atoms with E-state index in [1.54, 1.807) is 0 Å². The maximum atomic E-state index is 17.5. The van der Waals surface area contributed by atoms with Crippen LogP contribution in [-0.2, 0) is 41.6 Å². The normalized spacial score (nSPS) is 22.3. The van der Waals surface area contributed by atoms with Gasteiger partial charge in [-0.2, -0.15) is 0 Å². The van der Waals surface area contributed by atoms with E-state index in [2.05, 4.69) is 137 Å². The fourth-order valence-electron chi connectivity index (χ4n) is 16.4. The van der Waals surface area contributed by atoms with Gasteiger partial charge in [-0.25, -0.2) is 9.97 Å². The minimum Gasteiger partial charge on any atom is -0.492 e. The molecule has 0 amide bonds. The molecule has 6 aromatic carbocycles. The van der Waals surface area contributed by atoms with Gasteiger partial charge in [0.05, 0.1) is 72.1 Å². The van der Waals surface area contributed by atoms with Gasteiger partial charge in [0.15, 0.2) is 5.78 Å². The summed E-state index contributed by atoms with van der Waals surface area (Å²) < 4.78 is 43.0. The van der Waals surface area contributed by atoms with Crippen molar-refractivity contribution in [3.05, 3.63) is 214 Å². The van der Waals surface area contributed by atoms with Gasteiger partial charge in [0, 0.05) is 78.2 Å². The van der Waals surface area contributed by atoms with Gasteiger partial charge in [-0.3, -0.25) is 4.79 Å². The second kappa shape index (κ2) is 24.5. The average Bonchev–Trinajstić information content (AvgIpc) is 1.45. The van der Waals surface area contributed by atoms with Crippen molar-refractivity contribution in [2.24, 2.45) is 11.8 Å². The van der Waals surface area contributed by atoms with Crippen LogP contribution < -0.4 is 28.9 Å². The Labute approximate surface area is 560 Å². The summed E-state index contributed by atoms with van der Waals surface area (Å²) in [6, 6.07) is 53.2. The van der Waals surface area contributed by atoms with Crippen molar-refractivity contribution in [1.82, 2.24) is 39.9 Å². The number of nitrogens with zero attached hydrogens (tertiary/aromatic N) is 8. The Morgan fingerprint density at radius 1 is 0.389 bits per heavy atom. The Bertz CT molecular complexity index is 4720. The van der Waals surface area contributed by atoms with Gasteiger partial charge in [0.25, 0.3) is 0 Å². The molecule has 8 atom stereocenters. The van der Waals surface area contributed by atoms with Crippen LogP contribution in [0.25, 0.3) is 77.9 Å². The smallest absolute Gasteiger partial charge is 0.492 e. The topological polar surface area (TPSA) is 178 Å². The molecule has 4 aliphatic heterocycles. The van der Waals surface area contributed by atoms with Crippen molar-refractivity contribution in [2.45, 2.75) is 114 Å². The molecule has 2 unspecified atom stereocenters. The first-order valence-electron chi connectivity index (χ1n) is 33.6. The molecule has 14 bridgehead atoms. The van der Waals surface area contributed by atoms with Gasteiger partial charge in [0.1, 0.15) is 35.2 Å². The number of allylic oxidation sites excluding steroid dienone is 2. The van der Waals surface area contributed by atoms with Crippen molar-refractivity contribution in [3.8, 4) is 23.0 Å². The second-order valence-electron chi connectivity index (χ2n) is 25.5. The maximum absolute atomic E-state index is 17.5. The Morgan fingerprint density at radius 2 is 0.705 bits per heavy atom. The van der Waals surface area contributed by atoms with Crippen LogP contribution in [0.3, 0.4) is 0 Å². The van der Waals surface area contributed by atoms with E-state index in [9.17, 15) is 0 Å². The van der Waals surface area contributed by atoms with Crippen molar-refractivity contribution in [1.29, 1.82) is 0 Å². The number of Topliss-reactive ketones (excluding diaryl/α,β-unsaturated/α-hetero) is 1. The van der Waals surface area contributed by atoms with Crippen molar-refractivity contribution >= 4 is 83.7 Å². The van der Waals surface area contributed by atoms with Crippen LogP contribution in [-0.4, -0.2) is 62.1 Å². The van der Waals surface area contributed by atoms with Gasteiger partial charge < -0.3 is 58.3 Å². The van der Waals surface area contributed by atoms with Crippen LogP contribution >= 0.6 is 0 Å². The predicted molar refractivity (Wildman–Crippen MR) is 363 cm³/mol. The van der Waals surface area contributed by atoms with E-state index < -0.39 is 34.9 Å². The molecule has 0 N–H and O–H groups in total.